The maximum Gasteiger partial charge on any atom is 0.310 e. The van der Waals surface area contributed by atoms with Gasteiger partial charge in [0.2, 0.25) is 0 Å². The summed E-state index contributed by atoms with van der Waals surface area (Å²) in [6, 6.07) is 4.92. The fourth-order valence-electron chi connectivity index (χ4n) is 1.26. The molecular weight excluding hydrogens is 274 g/mol. The molecule has 0 aromatic heterocycles. The van der Waals surface area contributed by atoms with E-state index in [0.717, 1.165) is 0 Å². The molecule has 4 nitrogen and oxygen atoms in total. The number of hydrogen-bond donors (Lipinski definition) is 1. The lowest BCUT2D eigenvalue weighted by Gasteiger charge is -2.07. The number of rotatable bonds is 3. The van der Waals surface area contributed by atoms with Gasteiger partial charge in [-0.2, -0.15) is 5.26 Å². The van der Waals surface area contributed by atoms with Gasteiger partial charge in [0, 0.05) is 10.0 Å². The molecule has 0 unspecified atom stereocenters. The van der Waals surface area contributed by atoms with Crippen LogP contribution in [-0.4, -0.2) is 17.7 Å². The maximum absolute atomic E-state index is 11.3. The molecule has 0 saturated heterocycles. The monoisotopic (exact) mass is 283 g/mol. The van der Waals surface area contributed by atoms with Crippen LogP contribution >= 0.6 is 15.9 Å². The normalized spacial score (nSPS) is 9.56. The number of nitrogens with zero attached hydrogens (tertiary/aromatic N) is 1. The molecular formula is C11H10BrNO3. The standard InChI is InChI=1S/C11H10BrNO3/c1-2-16-11(15)5-9-7(6-13)3-8(12)4-10(9)14/h3-4,14H,2,5H2,1H3. The topological polar surface area (TPSA) is 70.3 Å². The predicted octanol–water partition coefficient (Wildman–Crippen LogP) is 2.13. The molecule has 0 aliphatic rings. The van der Waals surface area contributed by atoms with Gasteiger partial charge in [-0.25, -0.2) is 0 Å². The van der Waals surface area contributed by atoms with Crippen LogP contribution in [0.15, 0.2) is 16.6 Å². The average molecular weight is 284 g/mol. The van der Waals surface area contributed by atoms with Gasteiger partial charge in [0.15, 0.2) is 0 Å². The Morgan fingerprint density at radius 3 is 2.88 bits per heavy atom. The van der Waals surface area contributed by atoms with Gasteiger partial charge < -0.3 is 9.84 Å². The van der Waals surface area contributed by atoms with Crippen LogP contribution < -0.4 is 0 Å². The lowest BCUT2D eigenvalue weighted by atomic mass is 10.0. The van der Waals surface area contributed by atoms with E-state index in [1.54, 1.807) is 13.0 Å². The maximum atomic E-state index is 11.3. The Labute approximate surface area is 102 Å². The molecule has 1 N–H and O–H groups in total. The van der Waals surface area contributed by atoms with Gasteiger partial charge in [-0.3, -0.25) is 4.79 Å². The van der Waals surface area contributed by atoms with Crippen molar-refractivity contribution in [1.29, 1.82) is 5.26 Å². The fourth-order valence-corrected chi connectivity index (χ4v) is 1.71. The summed E-state index contributed by atoms with van der Waals surface area (Å²) in [4.78, 5) is 11.3. The second kappa shape index (κ2) is 5.52. The SMILES string of the molecule is CCOC(=O)Cc1c(O)cc(Br)cc1C#N. The van der Waals surface area contributed by atoms with Crippen LogP contribution in [0.5, 0.6) is 5.75 Å². The number of benzene rings is 1. The lowest BCUT2D eigenvalue weighted by molar-refractivity contribution is -0.142. The Balaban J connectivity index is 3.04. The van der Waals surface area contributed by atoms with Gasteiger partial charge >= 0.3 is 5.97 Å². The van der Waals surface area contributed by atoms with Crippen LogP contribution in [0, 0.1) is 11.3 Å². The summed E-state index contributed by atoms with van der Waals surface area (Å²) >= 11 is 3.16. The Morgan fingerprint density at radius 1 is 1.62 bits per heavy atom. The number of ether oxygens (including phenoxy) is 1. The number of esters is 1. The van der Waals surface area contributed by atoms with Crippen LogP contribution in [0.3, 0.4) is 0 Å². The Kier molecular flexibility index (Phi) is 4.32. The number of carbonyl (C=O) groups excluding carboxylic acids is 1. The molecule has 5 heteroatoms. The molecule has 16 heavy (non-hydrogen) atoms. The molecule has 0 radical (unpaired) electrons. The Morgan fingerprint density at radius 2 is 2.31 bits per heavy atom. The average Bonchev–Trinajstić information content (AvgIpc) is 2.22. The van der Waals surface area contributed by atoms with Crippen molar-refractivity contribution in [2.24, 2.45) is 0 Å². The Hall–Kier alpha value is -1.54. The van der Waals surface area contributed by atoms with Crippen molar-refractivity contribution in [1.82, 2.24) is 0 Å². The van der Waals surface area contributed by atoms with E-state index in [-0.39, 0.29) is 24.3 Å². The molecule has 0 aliphatic carbocycles. The van der Waals surface area contributed by atoms with Crippen molar-refractivity contribution in [3.8, 4) is 11.8 Å². The van der Waals surface area contributed by atoms with E-state index in [2.05, 4.69) is 15.9 Å². The summed E-state index contributed by atoms with van der Waals surface area (Å²) in [6.07, 6.45) is -0.101. The summed E-state index contributed by atoms with van der Waals surface area (Å²) in [6.45, 7) is 1.97. The minimum absolute atomic E-state index is 0.0843. The lowest BCUT2D eigenvalue weighted by Crippen LogP contribution is -2.08. The van der Waals surface area contributed by atoms with Crippen molar-refractivity contribution < 1.29 is 14.6 Å². The molecule has 0 atom stereocenters. The predicted molar refractivity (Wildman–Crippen MR) is 60.9 cm³/mol. The molecule has 0 bridgehead atoms. The summed E-state index contributed by atoms with van der Waals surface area (Å²) in [7, 11) is 0. The molecule has 1 aromatic carbocycles. The number of phenols is 1. The van der Waals surface area contributed by atoms with E-state index in [9.17, 15) is 9.90 Å². The fraction of sp³-hybridized carbons (Fsp3) is 0.273. The van der Waals surface area contributed by atoms with Gasteiger partial charge in [0.1, 0.15) is 5.75 Å². The number of halogens is 1. The number of phenolic OH excluding ortho intramolecular Hbond substituents is 1. The minimum Gasteiger partial charge on any atom is -0.508 e. The molecule has 84 valence electrons. The second-order valence-electron chi connectivity index (χ2n) is 3.04. The molecule has 0 fully saturated rings. The summed E-state index contributed by atoms with van der Waals surface area (Å²) in [5, 5.41) is 18.5. The third kappa shape index (κ3) is 2.97. The number of nitriles is 1. The first-order valence-electron chi connectivity index (χ1n) is 4.65. The summed E-state index contributed by atoms with van der Waals surface area (Å²) < 4.78 is 5.35. The van der Waals surface area contributed by atoms with Gasteiger partial charge in [-0.05, 0) is 19.1 Å². The minimum atomic E-state index is -0.461. The number of aromatic hydroxyl groups is 1. The molecule has 0 heterocycles. The quantitative estimate of drug-likeness (QED) is 0.863. The van der Waals surface area contributed by atoms with Crippen molar-refractivity contribution >= 4 is 21.9 Å². The van der Waals surface area contributed by atoms with Crippen LogP contribution in [0.25, 0.3) is 0 Å². The van der Waals surface area contributed by atoms with E-state index in [1.165, 1.54) is 6.07 Å². The number of carbonyl (C=O) groups is 1. The zero-order chi connectivity index (χ0) is 12.1. The number of hydrogen-bond acceptors (Lipinski definition) is 4. The molecule has 0 aliphatic heterocycles. The zero-order valence-electron chi connectivity index (χ0n) is 8.66. The van der Waals surface area contributed by atoms with Crippen molar-refractivity contribution in [2.45, 2.75) is 13.3 Å². The van der Waals surface area contributed by atoms with Crippen LogP contribution in [-0.2, 0) is 16.0 Å². The molecule has 1 rings (SSSR count). The van der Waals surface area contributed by atoms with Crippen LogP contribution in [0.1, 0.15) is 18.1 Å². The van der Waals surface area contributed by atoms with Crippen LogP contribution in [0.4, 0.5) is 0 Å². The second-order valence-corrected chi connectivity index (χ2v) is 3.96. The van der Waals surface area contributed by atoms with Crippen molar-refractivity contribution in [2.75, 3.05) is 6.61 Å². The third-order valence-corrected chi connectivity index (χ3v) is 2.40. The van der Waals surface area contributed by atoms with Gasteiger partial charge in [0.05, 0.1) is 24.7 Å². The molecule has 0 saturated carbocycles. The highest BCUT2D eigenvalue weighted by atomic mass is 79.9. The van der Waals surface area contributed by atoms with E-state index in [0.29, 0.717) is 10.0 Å². The van der Waals surface area contributed by atoms with E-state index in [4.69, 9.17) is 10.00 Å². The highest BCUT2D eigenvalue weighted by Gasteiger charge is 2.14. The van der Waals surface area contributed by atoms with Crippen molar-refractivity contribution in [3.05, 3.63) is 27.7 Å². The molecule has 1 aromatic rings. The highest BCUT2D eigenvalue weighted by molar-refractivity contribution is 9.10. The summed E-state index contributed by atoms with van der Waals surface area (Å²) in [5.74, 6) is -0.546. The highest BCUT2D eigenvalue weighted by Crippen LogP contribution is 2.26. The van der Waals surface area contributed by atoms with Gasteiger partial charge in [-0.1, -0.05) is 15.9 Å². The molecule has 0 amide bonds. The van der Waals surface area contributed by atoms with Gasteiger partial charge in [0.25, 0.3) is 0 Å². The molecule has 0 spiro atoms. The first-order chi connectivity index (χ1) is 7.58. The van der Waals surface area contributed by atoms with E-state index in [1.807, 2.05) is 6.07 Å². The Bertz CT molecular complexity index is 451. The first kappa shape index (κ1) is 12.5. The summed E-state index contributed by atoms with van der Waals surface area (Å²) in [5.41, 5.74) is 0.559. The van der Waals surface area contributed by atoms with Crippen LogP contribution in [0.2, 0.25) is 0 Å². The van der Waals surface area contributed by atoms with Gasteiger partial charge in [-0.15, -0.1) is 0 Å². The first-order valence-corrected chi connectivity index (χ1v) is 5.45. The van der Waals surface area contributed by atoms with Crippen molar-refractivity contribution in [3.63, 3.8) is 0 Å². The van der Waals surface area contributed by atoms with E-state index >= 15 is 0 Å². The zero-order valence-corrected chi connectivity index (χ0v) is 10.2. The van der Waals surface area contributed by atoms with E-state index < -0.39 is 5.97 Å². The smallest absolute Gasteiger partial charge is 0.310 e. The third-order valence-electron chi connectivity index (χ3n) is 1.94. The largest absolute Gasteiger partial charge is 0.508 e.